The molecule has 1 rings (SSSR count). The van der Waals surface area contributed by atoms with Crippen LogP contribution in [-0.4, -0.2) is 17.6 Å². The minimum atomic E-state index is -0.184. The molecule has 1 aromatic rings. The molecule has 1 heterocycles. The maximum Gasteiger partial charge on any atom is 0.321 e. The summed E-state index contributed by atoms with van der Waals surface area (Å²) in [6.45, 7) is 9.00. The number of urea groups is 1. The standard InChI is InChI=1S/C11H19N3OS/c1-5-6-12-9(15)14-10-13-8(7-16-10)11(2,3)4/h7H,5-6H2,1-4H3,(H2,12,13,14,15). The zero-order chi connectivity index (χ0) is 12.2. The van der Waals surface area contributed by atoms with E-state index in [1.165, 1.54) is 11.3 Å². The fourth-order valence-corrected chi connectivity index (χ4v) is 1.99. The second-order valence-corrected chi connectivity index (χ2v) is 5.53. The van der Waals surface area contributed by atoms with Gasteiger partial charge in [-0.2, -0.15) is 0 Å². The number of nitrogens with zero attached hydrogens (tertiary/aromatic N) is 1. The van der Waals surface area contributed by atoms with E-state index in [4.69, 9.17) is 0 Å². The molecule has 0 spiro atoms. The molecule has 4 nitrogen and oxygen atoms in total. The molecule has 0 aliphatic rings. The van der Waals surface area contributed by atoms with Crippen molar-refractivity contribution in [1.29, 1.82) is 0 Å². The molecular weight excluding hydrogens is 222 g/mol. The van der Waals surface area contributed by atoms with Crippen LogP contribution in [0.4, 0.5) is 9.93 Å². The van der Waals surface area contributed by atoms with E-state index in [1.807, 2.05) is 12.3 Å². The molecule has 0 saturated carbocycles. The Morgan fingerprint density at radius 3 is 2.69 bits per heavy atom. The van der Waals surface area contributed by atoms with E-state index in [0.717, 1.165) is 12.1 Å². The molecule has 0 aliphatic heterocycles. The van der Waals surface area contributed by atoms with Crippen LogP contribution in [0, 0.1) is 0 Å². The summed E-state index contributed by atoms with van der Waals surface area (Å²) in [5.74, 6) is 0. The van der Waals surface area contributed by atoms with Crippen molar-refractivity contribution in [3.05, 3.63) is 11.1 Å². The topological polar surface area (TPSA) is 54.0 Å². The van der Waals surface area contributed by atoms with Gasteiger partial charge in [-0.15, -0.1) is 11.3 Å². The molecule has 0 aromatic carbocycles. The molecule has 0 radical (unpaired) electrons. The molecule has 2 N–H and O–H groups in total. The third-order valence-electron chi connectivity index (χ3n) is 2.03. The first-order chi connectivity index (χ1) is 7.43. The van der Waals surface area contributed by atoms with Gasteiger partial charge in [-0.1, -0.05) is 27.7 Å². The zero-order valence-corrected chi connectivity index (χ0v) is 11.1. The predicted molar refractivity (Wildman–Crippen MR) is 68.1 cm³/mol. The van der Waals surface area contributed by atoms with Crippen LogP contribution in [0.5, 0.6) is 0 Å². The average Bonchev–Trinajstić information content (AvgIpc) is 2.62. The van der Waals surface area contributed by atoms with Crippen molar-refractivity contribution < 1.29 is 4.79 Å². The van der Waals surface area contributed by atoms with Crippen molar-refractivity contribution in [2.45, 2.75) is 39.5 Å². The number of rotatable bonds is 3. The van der Waals surface area contributed by atoms with Gasteiger partial charge in [0.25, 0.3) is 0 Å². The Morgan fingerprint density at radius 2 is 2.19 bits per heavy atom. The molecule has 0 atom stereocenters. The summed E-state index contributed by atoms with van der Waals surface area (Å²) >= 11 is 1.46. The smallest absolute Gasteiger partial charge is 0.321 e. The SMILES string of the molecule is CCCNC(=O)Nc1nc(C(C)(C)C)cs1. The summed E-state index contributed by atoms with van der Waals surface area (Å²) in [5, 5.41) is 8.10. The number of anilines is 1. The van der Waals surface area contributed by atoms with Crippen LogP contribution in [0.2, 0.25) is 0 Å². The van der Waals surface area contributed by atoms with Crippen LogP contribution in [0.25, 0.3) is 0 Å². The summed E-state index contributed by atoms with van der Waals surface area (Å²) < 4.78 is 0. The number of carbonyl (C=O) groups excluding carboxylic acids is 1. The molecule has 0 bridgehead atoms. The fraction of sp³-hybridized carbons (Fsp3) is 0.636. The van der Waals surface area contributed by atoms with Gasteiger partial charge in [-0.05, 0) is 6.42 Å². The van der Waals surface area contributed by atoms with Gasteiger partial charge in [0.2, 0.25) is 0 Å². The third-order valence-corrected chi connectivity index (χ3v) is 2.79. The number of carbonyl (C=O) groups is 1. The second-order valence-electron chi connectivity index (χ2n) is 4.67. The molecule has 90 valence electrons. The molecular formula is C11H19N3OS. The second kappa shape index (κ2) is 5.30. The van der Waals surface area contributed by atoms with E-state index in [-0.39, 0.29) is 11.4 Å². The molecule has 1 aromatic heterocycles. The van der Waals surface area contributed by atoms with Crippen molar-refractivity contribution >= 4 is 22.5 Å². The van der Waals surface area contributed by atoms with Crippen molar-refractivity contribution in [2.24, 2.45) is 0 Å². The zero-order valence-electron chi connectivity index (χ0n) is 10.3. The Morgan fingerprint density at radius 1 is 1.50 bits per heavy atom. The fourth-order valence-electron chi connectivity index (χ4n) is 1.06. The lowest BCUT2D eigenvalue weighted by Crippen LogP contribution is -2.29. The number of hydrogen-bond acceptors (Lipinski definition) is 3. The van der Waals surface area contributed by atoms with Gasteiger partial charge in [0, 0.05) is 17.3 Å². The largest absolute Gasteiger partial charge is 0.338 e. The monoisotopic (exact) mass is 241 g/mol. The van der Waals surface area contributed by atoms with E-state index >= 15 is 0 Å². The van der Waals surface area contributed by atoms with E-state index in [9.17, 15) is 4.79 Å². The highest BCUT2D eigenvalue weighted by molar-refractivity contribution is 7.13. The highest BCUT2D eigenvalue weighted by atomic mass is 32.1. The van der Waals surface area contributed by atoms with Crippen molar-refractivity contribution in [3.63, 3.8) is 0 Å². The van der Waals surface area contributed by atoms with E-state index < -0.39 is 0 Å². The number of amides is 2. The van der Waals surface area contributed by atoms with Gasteiger partial charge < -0.3 is 5.32 Å². The average molecular weight is 241 g/mol. The van der Waals surface area contributed by atoms with Crippen LogP contribution in [0.1, 0.15) is 39.8 Å². The molecule has 0 saturated heterocycles. The first kappa shape index (κ1) is 13.0. The van der Waals surface area contributed by atoms with E-state index in [2.05, 4.69) is 36.4 Å². The van der Waals surface area contributed by atoms with Crippen molar-refractivity contribution in [1.82, 2.24) is 10.3 Å². The number of hydrogen-bond donors (Lipinski definition) is 2. The summed E-state index contributed by atoms with van der Waals surface area (Å²) in [6.07, 6.45) is 0.929. The minimum Gasteiger partial charge on any atom is -0.338 e. The van der Waals surface area contributed by atoms with Crippen LogP contribution in [0.15, 0.2) is 5.38 Å². The van der Waals surface area contributed by atoms with Gasteiger partial charge in [0.1, 0.15) is 0 Å². The number of nitrogens with one attached hydrogen (secondary N) is 2. The van der Waals surface area contributed by atoms with E-state index in [0.29, 0.717) is 11.7 Å². The lowest BCUT2D eigenvalue weighted by Gasteiger charge is -2.14. The Labute approximate surface area is 100 Å². The Kier molecular flexibility index (Phi) is 4.29. The Bertz CT molecular complexity index is 354. The van der Waals surface area contributed by atoms with Gasteiger partial charge in [0.15, 0.2) is 5.13 Å². The quantitative estimate of drug-likeness (QED) is 0.854. The molecule has 2 amide bonds. The van der Waals surface area contributed by atoms with Gasteiger partial charge in [-0.3, -0.25) is 5.32 Å². The molecule has 0 fully saturated rings. The normalized spacial score (nSPS) is 11.2. The first-order valence-electron chi connectivity index (χ1n) is 5.44. The number of thiazole rings is 1. The molecule has 0 aliphatic carbocycles. The van der Waals surface area contributed by atoms with Crippen LogP contribution < -0.4 is 10.6 Å². The number of aromatic nitrogens is 1. The highest BCUT2D eigenvalue weighted by Gasteiger charge is 2.17. The summed E-state index contributed by atoms with van der Waals surface area (Å²) in [6, 6.07) is -0.184. The molecule has 5 heteroatoms. The van der Waals surface area contributed by atoms with Gasteiger partial charge in [-0.25, -0.2) is 9.78 Å². The van der Waals surface area contributed by atoms with Gasteiger partial charge in [0.05, 0.1) is 5.69 Å². The maximum atomic E-state index is 11.4. The highest BCUT2D eigenvalue weighted by Crippen LogP contribution is 2.26. The van der Waals surface area contributed by atoms with E-state index in [1.54, 1.807) is 0 Å². The minimum absolute atomic E-state index is 0.0241. The lowest BCUT2D eigenvalue weighted by molar-refractivity contribution is 0.252. The lowest BCUT2D eigenvalue weighted by atomic mass is 9.93. The van der Waals surface area contributed by atoms with Crippen molar-refractivity contribution in [2.75, 3.05) is 11.9 Å². The predicted octanol–water partition coefficient (Wildman–Crippen LogP) is 2.97. The van der Waals surface area contributed by atoms with Crippen molar-refractivity contribution in [3.8, 4) is 0 Å². The third kappa shape index (κ3) is 3.81. The molecule has 16 heavy (non-hydrogen) atoms. The first-order valence-corrected chi connectivity index (χ1v) is 6.32. The van der Waals surface area contributed by atoms with Gasteiger partial charge >= 0.3 is 6.03 Å². The molecule has 0 unspecified atom stereocenters. The Hall–Kier alpha value is -1.10. The summed E-state index contributed by atoms with van der Waals surface area (Å²) in [5.41, 5.74) is 1.03. The van der Waals surface area contributed by atoms with Crippen LogP contribution in [-0.2, 0) is 5.41 Å². The Balaban J connectivity index is 2.56. The maximum absolute atomic E-state index is 11.4. The summed E-state index contributed by atoms with van der Waals surface area (Å²) in [7, 11) is 0. The van der Waals surface area contributed by atoms with Crippen LogP contribution >= 0.6 is 11.3 Å². The van der Waals surface area contributed by atoms with Crippen LogP contribution in [0.3, 0.4) is 0 Å². The summed E-state index contributed by atoms with van der Waals surface area (Å²) in [4.78, 5) is 15.8.